The van der Waals surface area contributed by atoms with Gasteiger partial charge >= 0.3 is 6.03 Å². The molecule has 2 aromatic carbocycles. The number of benzene rings is 2. The second-order valence-electron chi connectivity index (χ2n) is 9.52. The molecule has 1 N–H and O–H groups in total. The fourth-order valence-electron chi connectivity index (χ4n) is 5.48. The van der Waals surface area contributed by atoms with Crippen LogP contribution in [0.15, 0.2) is 48.5 Å². The molecule has 4 amide bonds. The maximum atomic E-state index is 14.2. The average Bonchev–Trinajstić information content (AvgIpc) is 2.87. The average molecular weight is 493 g/mol. The van der Waals surface area contributed by atoms with Crippen molar-refractivity contribution in [2.24, 2.45) is 5.41 Å². The van der Waals surface area contributed by atoms with Gasteiger partial charge in [0.15, 0.2) is 5.41 Å². The van der Waals surface area contributed by atoms with E-state index in [1.807, 2.05) is 37.3 Å². The van der Waals surface area contributed by atoms with Crippen LogP contribution in [0, 0.1) is 15.5 Å². The number of anilines is 1. The molecule has 0 aliphatic carbocycles. The summed E-state index contributed by atoms with van der Waals surface area (Å²) in [5, 5.41) is 14.0. The van der Waals surface area contributed by atoms with Crippen LogP contribution in [0.4, 0.5) is 16.2 Å². The van der Waals surface area contributed by atoms with Crippen molar-refractivity contribution in [2.45, 2.75) is 58.4 Å². The highest BCUT2D eigenvalue weighted by atomic mass is 16.6. The van der Waals surface area contributed by atoms with Crippen LogP contribution in [-0.2, 0) is 22.4 Å². The van der Waals surface area contributed by atoms with Crippen LogP contribution >= 0.6 is 0 Å². The quantitative estimate of drug-likeness (QED) is 0.318. The number of hydrogen-bond donors (Lipinski definition) is 1. The van der Waals surface area contributed by atoms with E-state index in [2.05, 4.69) is 17.1 Å². The SMILES string of the molecule is CCCCN1c2ccc([N+](=O)[O-])cc2CC2(C(=O)NC(=O)N(CCc3ccccc3)C2=O)C1CCC. The van der Waals surface area contributed by atoms with Gasteiger partial charge in [0.25, 0.3) is 5.69 Å². The van der Waals surface area contributed by atoms with E-state index < -0.39 is 34.2 Å². The molecule has 190 valence electrons. The zero-order valence-corrected chi connectivity index (χ0v) is 20.7. The third-order valence-corrected chi connectivity index (χ3v) is 7.28. The molecule has 1 fully saturated rings. The molecule has 0 aromatic heterocycles. The smallest absolute Gasteiger partial charge is 0.330 e. The molecule has 0 radical (unpaired) electrons. The van der Waals surface area contributed by atoms with Gasteiger partial charge in [0, 0.05) is 37.3 Å². The number of non-ortho nitro benzene ring substituents is 1. The molecule has 2 aliphatic heterocycles. The predicted octanol–water partition coefficient (Wildman–Crippen LogP) is 4.23. The number of barbiturate groups is 1. The van der Waals surface area contributed by atoms with Crippen LogP contribution in [0.1, 0.15) is 50.7 Å². The number of nitro groups is 1. The topological polar surface area (TPSA) is 113 Å². The third-order valence-electron chi connectivity index (χ3n) is 7.28. The summed E-state index contributed by atoms with van der Waals surface area (Å²) in [5.74, 6) is -1.14. The van der Waals surface area contributed by atoms with E-state index in [1.165, 1.54) is 12.1 Å². The third kappa shape index (κ3) is 4.45. The molecule has 4 rings (SSSR count). The first-order chi connectivity index (χ1) is 17.3. The second kappa shape index (κ2) is 10.5. The first kappa shape index (κ1) is 25.3. The standard InChI is InChI=1S/C27H32N4O5/c1-3-5-15-29-22-13-12-21(31(35)36)17-20(22)18-27(23(29)9-4-2)24(32)28-26(34)30(25(27)33)16-14-19-10-7-6-8-11-19/h6-8,10-13,17,23H,3-5,9,14-16,18H2,1-2H3,(H,28,32,34). The lowest BCUT2D eigenvalue weighted by molar-refractivity contribution is -0.384. The number of fused-ring (bicyclic) bond motifs is 1. The normalized spacial score (nSPS) is 21.5. The highest BCUT2D eigenvalue weighted by molar-refractivity contribution is 6.20. The first-order valence-electron chi connectivity index (χ1n) is 12.6. The van der Waals surface area contributed by atoms with Gasteiger partial charge in [0.1, 0.15) is 0 Å². The fraction of sp³-hybridized carbons (Fsp3) is 0.444. The van der Waals surface area contributed by atoms with Crippen molar-refractivity contribution >= 4 is 29.2 Å². The summed E-state index contributed by atoms with van der Waals surface area (Å²) in [5.41, 5.74) is 0.730. The van der Waals surface area contributed by atoms with Crippen molar-refractivity contribution in [3.63, 3.8) is 0 Å². The van der Waals surface area contributed by atoms with Gasteiger partial charge in [-0.3, -0.25) is 29.9 Å². The molecule has 1 saturated heterocycles. The van der Waals surface area contributed by atoms with Gasteiger partial charge in [-0.05, 0) is 36.5 Å². The van der Waals surface area contributed by atoms with Crippen LogP contribution < -0.4 is 10.2 Å². The molecule has 9 nitrogen and oxygen atoms in total. The van der Waals surface area contributed by atoms with Gasteiger partial charge in [-0.1, -0.05) is 57.0 Å². The van der Waals surface area contributed by atoms with E-state index in [-0.39, 0.29) is 18.7 Å². The van der Waals surface area contributed by atoms with Gasteiger partial charge in [0.05, 0.1) is 11.0 Å². The van der Waals surface area contributed by atoms with E-state index in [1.54, 1.807) is 6.07 Å². The molecule has 0 saturated carbocycles. The number of nitrogens with one attached hydrogen (secondary N) is 1. The summed E-state index contributed by atoms with van der Waals surface area (Å²) in [6.07, 6.45) is 3.52. The Bertz CT molecular complexity index is 1170. The van der Waals surface area contributed by atoms with Crippen LogP contribution in [-0.4, -0.2) is 46.8 Å². The second-order valence-corrected chi connectivity index (χ2v) is 9.52. The summed E-state index contributed by atoms with van der Waals surface area (Å²) in [7, 11) is 0. The van der Waals surface area contributed by atoms with Gasteiger partial charge in [-0.15, -0.1) is 0 Å². The van der Waals surface area contributed by atoms with Gasteiger partial charge in [0.2, 0.25) is 11.8 Å². The van der Waals surface area contributed by atoms with Crippen LogP contribution in [0.3, 0.4) is 0 Å². The Morgan fingerprint density at radius 1 is 1.06 bits per heavy atom. The first-order valence-corrected chi connectivity index (χ1v) is 12.6. The summed E-state index contributed by atoms with van der Waals surface area (Å²) in [6.45, 7) is 4.81. The summed E-state index contributed by atoms with van der Waals surface area (Å²) in [4.78, 5) is 54.9. The number of nitro benzene ring substituents is 1. The Morgan fingerprint density at radius 3 is 2.47 bits per heavy atom. The number of carbonyl (C=O) groups is 3. The molecule has 1 spiro atoms. The lowest BCUT2D eigenvalue weighted by Gasteiger charge is -2.52. The molecule has 2 atom stereocenters. The largest absolute Gasteiger partial charge is 0.367 e. The van der Waals surface area contributed by atoms with Crippen molar-refractivity contribution in [3.8, 4) is 0 Å². The van der Waals surface area contributed by atoms with Crippen LogP contribution in [0.25, 0.3) is 0 Å². The molecule has 2 heterocycles. The van der Waals surface area contributed by atoms with Crippen LogP contribution in [0.5, 0.6) is 0 Å². The van der Waals surface area contributed by atoms with Crippen molar-refractivity contribution in [1.29, 1.82) is 0 Å². The Morgan fingerprint density at radius 2 is 1.81 bits per heavy atom. The highest BCUT2D eigenvalue weighted by Gasteiger charge is 2.61. The molecule has 2 aromatic rings. The number of urea groups is 1. The molecule has 2 unspecified atom stereocenters. The zero-order valence-electron chi connectivity index (χ0n) is 20.7. The van der Waals surface area contributed by atoms with E-state index in [0.29, 0.717) is 24.9 Å². The molecule has 0 bridgehead atoms. The van der Waals surface area contributed by atoms with Crippen molar-refractivity contribution in [3.05, 3.63) is 69.8 Å². The van der Waals surface area contributed by atoms with E-state index >= 15 is 0 Å². The number of rotatable bonds is 9. The minimum absolute atomic E-state index is 0.0110. The molecule has 36 heavy (non-hydrogen) atoms. The Hall–Kier alpha value is -3.75. The highest BCUT2D eigenvalue weighted by Crippen LogP contribution is 2.47. The predicted molar refractivity (Wildman–Crippen MR) is 136 cm³/mol. The minimum atomic E-state index is -1.55. The molecular weight excluding hydrogens is 460 g/mol. The zero-order chi connectivity index (χ0) is 25.9. The minimum Gasteiger partial charge on any atom is -0.367 e. The van der Waals surface area contributed by atoms with Crippen molar-refractivity contribution in [1.82, 2.24) is 10.2 Å². The lowest BCUT2D eigenvalue weighted by atomic mass is 9.67. The van der Waals surface area contributed by atoms with E-state index in [4.69, 9.17) is 0 Å². The van der Waals surface area contributed by atoms with Gasteiger partial charge in [-0.2, -0.15) is 0 Å². The molecule has 9 heteroatoms. The number of carbonyl (C=O) groups excluding carboxylic acids is 3. The van der Waals surface area contributed by atoms with Crippen molar-refractivity contribution in [2.75, 3.05) is 18.0 Å². The number of hydrogen-bond acceptors (Lipinski definition) is 6. The van der Waals surface area contributed by atoms with Crippen LogP contribution in [0.2, 0.25) is 0 Å². The molecular formula is C27H32N4O5. The number of amides is 4. The Balaban J connectivity index is 1.79. The van der Waals surface area contributed by atoms with E-state index in [0.717, 1.165) is 35.4 Å². The number of nitrogens with zero attached hydrogens (tertiary/aromatic N) is 3. The fourth-order valence-corrected chi connectivity index (χ4v) is 5.48. The monoisotopic (exact) mass is 492 g/mol. The summed E-state index contributed by atoms with van der Waals surface area (Å²) < 4.78 is 0. The van der Waals surface area contributed by atoms with Crippen molar-refractivity contribution < 1.29 is 19.3 Å². The maximum Gasteiger partial charge on any atom is 0.330 e. The Labute approximate surface area is 210 Å². The lowest BCUT2D eigenvalue weighted by Crippen LogP contribution is -2.72. The summed E-state index contributed by atoms with van der Waals surface area (Å²) in [6, 6.07) is 13.0. The van der Waals surface area contributed by atoms with E-state index in [9.17, 15) is 24.5 Å². The van der Waals surface area contributed by atoms with Gasteiger partial charge < -0.3 is 4.90 Å². The van der Waals surface area contributed by atoms with Gasteiger partial charge in [-0.25, -0.2) is 4.79 Å². The molecule has 2 aliphatic rings. The number of unbranched alkanes of at least 4 members (excludes halogenated alkanes) is 1. The Kier molecular flexibility index (Phi) is 7.37. The number of imide groups is 2. The maximum absolute atomic E-state index is 14.2. The summed E-state index contributed by atoms with van der Waals surface area (Å²) >= 11 is 0.